The predicted molar refractivity (Wildman–Crippen MR) is 61.4 cm³/mol. The third-order valence-electron chi connectivity index (χ3n) is 2.46. The Bertz CT molecular complexity index is 467. The average molecular weight is 236 g/mol. The van der Waals surface area contributed by atoms with Gasteiger partial charge in [-0.25, -0.2) is 0 Å². The lowest BCUT2D eigenvalue weighted by Gasteiger charge is -2.29. The fourth-order valence-electron chi connectivity index (χ4n) is 1.71. The van der Waals surface area contributed by atoms with Crippen molar-refractivity contribution in [2.24, 2.45) is 0 Å². The number of amides is 1. The lowest BCUT2D eigenvalue weighted by atomic mass is 10.1. The quantitative estimate of drug-likeness (QED) is 0.795. The minimum Gasteiger partial charge on any atom is -0.359 e. The van der Waals surface area contributed by atoms with Crippen molar-refractivity contribution in [1.82, 2.24) is 5.32 Å². The maximum Gasteiger partial charge on any atom is 0.239 e. The maximum absolute atomic E-state index is 11.3. The van der Waals surface area contributed by atoms with Gasteiger partial charge in [0.2, 0.25) is 5.91 Å². The molecule has 0 saturated carbocycles. The van der Waals surface area contributed by atoms with E-state index in [1.165, 1.54) is 0 Å². The zero-order valence-corrected chi connectivity index (χ0v) is 9.29. The second-order valence-corrected chi connectivity index (χ2v) is 3.98. The van der Waals surface area contributed by atoms with E-state index >= 15 is 0 Å². The van der Waals surface area contributed by atoms with Crippen LogP contribution in [-0.2, 0) is 4.79 Å². The van der Waals surface area contributed by atoms with Gasteiger partial charge in [-0.1, -0.05) is 11.6 Å². The van der Waals surface area contributed by atoms with Crippen LogP contribution in [0.25, 0.3) is 0 Å². The van der Waals surface area contributed by atoms with Crippen molar-refractivity contribution in [2.75, 3.05) is 24.5 Å². The molecule has 0 atom stereocenters. The summed E-state index contributed by atoms with van der Waals surface area (Å²) >= 11 is 5.89. The molecule has 1 heterocycles. The Labute approximate surface area is 98.4 Å². The third-order valence-corrected chi connectivity index (χ3v) is 2.69. The van der Waals surface area contributed by atoms with Crippen molar-refractivity contribution in [3.05, 3.63) is 28.8 Å². The molecular weight excluding hydrogens is 226 g/mol. The van der Waals surface area contributed by atoms with E-state index in [0.29, 0.717) is 23.7 Å². The highest BCUT2D eigenvalue weighted by molar-refractivity contribution is 6.30. The molecule has 0 aromatic heterocycles. The summed E-state index contributed by atoms with van der Waals surface area (Å²) in [6.45, 7) is 1.56. The van der Waals surface area contributed by atoms with Crippen LogP contribution < -0.4 is 10.2 Å². The molecule has 0 unspecified atom stereocenters. The number of nitrogens with zero attached hydrogens (tertiary/aromatic N) is 2. The van der Waals surface area contributed by atoms with Crippen molar-refractivity contribution >= 4 is 23.2 Å². The molecule has 0 radical (unpaired) electrons. The van der Waals surface area contributed by atoms with Crippen LogP contribution in [0.15, 0.2) is 18.2 Å². The van der Waals surface area contributed by atoms with Crippen LogP contribution in [0.3, 0.4) is 0 Å². The van der Waals surface area contributed by atoms with Gasteiger partial charge in [0.25, 0.3) is 0 Å². The average Bonchev–Trinajstić information content (AvgIpc) is 2.29. The number of rotatable bonds is 1. The SMILES string of the molecule is N#Cc1ccc(Cl)cc1N1CCNC(=O)C1. The molecule has 1 aliphatic heterocycles. The fourth-order valence-corrected chi connectivity index (χ4v) is 1.87. The largest absolute Gasteiger partial charge is 0.359 e. The number of hydrogen-bond donors (Lipinski definition) is 1. The second kappa shape index (κ2) is 4.42. The molecule has 1 amide bonds. The number of benzene rings is 1. The molecule has 5 heteroatoms. The lowest BCUT2D eigenvalue weighted by molar-refractivity contribution is -0.120. The molecule has 1 fully saturated rings. The van der Waals surface area contributed by atoms with E-state index in [1.807, 2.05) is 4.90 Å². The van der Waals surface area contributed by atoms with Crippen LogP contribution in [0.1, 0.15) is 5.56 Å². The van der Waals surface area contributed by atoms with Gasteiger partial charge >= 0.3 is 0 Å². The summed E-state index contributed by atoms with van der Waals surface area (Å²) in [5.74, 6) is -0.0323. The number of anilines is 1. The predicted octanol–water partition coefficient (Wildman–Crippen LogP) is 1.15. The third kappa shape index (κ3) is 2.10. The fraction of sp³-hybridized carbons (Fsp3) is 0.273. The Morgan fingerprint density at radius 2 is 2.31 bits per heavy atom. The zero-order valence-electron chi connectivity index (χ0n) is 8.53. The maximum atomic E-state index is 11.3. The first kappa shape index (κ1) is 10.8. The number of carbonyl (C=O) groups excluding carboxylic acids is 1. The molecule has 0 bridgehead atoms. The lowest BCUT2D eigenvalue weighted by Crippen LogP contribution is -2.47. The smallest absolute Gasteiger partial charge is 0.239 e. The van der Waals surface area contributed by atoms with Gasteiger partial charge in [0, 0.05) is 18.1 Å². The van der Waals surface area contributed by atoms with Gasteiger partial charge in [-0.3, -0.25) is 4.79 Å². The number of nitrogens with one attached hydrogen (secondary N) is 1. The molecule has 1 saturated heterocycles. The van der Waals surface area contributed by atoms with E-state index < -0.39 is 0 Å². The molecule has 1 aromatic carbocycles. The number of nitriles is 1. The molecule has 4 nitrogen and oxygen atoms in total. The van der Waals surface area contributed by atoms with Crippen LogP contribution in [0.5, 0.6) is 0 Å². The van der Waals surface area contributed by atoms with Gasteiger partial charge in [0.15, 0.2) is 0 Å². The second-order valence-electron chi connectivity index (χ2n) is 3.54. The zero-order chi connectivity index (χ0) is 11.5. The first-order chi connectivity index (χ1) is 7.70. The standard InChI is InChI=1S/C11H10ClN3O/c12-9-2-1-8(6-13)10(5-9)15-4-3-14-11(16)7-15/h1-2,5H,3-4,7H2,(H,14,16). The summed E-state index contributed by atoms with van der Waals surface area (Å²) in [5.41, 5.74) is 1.27. The Morgan fingerprint density at radius 3 is 3.00 bits per heavy atom. The van der Waals surface area contributed by atoms with Crippen LogP contribution >= 0.6 is 11.6 Å². The van der Waals surface area contributed by atoms with Crippen LogP contribution in [-0.4, -0.2) is 25.5 Å². The van der Waals surface area contributed by atoms with Crippen LogP contribution in [0, 0.1) is 11.3 Å². The molecular formula is C11H10ClN3O. The molecule has 82 valence electrons. The van der Waals surface area contributed by atoms with Gasteiger partial charge in [-0.2, -0.15) is 5.26 Å². The minimum absolute atomic E-state index is 0.0323. The molecule has 1 aliphatic rings. The molecule has 1 N–H and O–H groups in total. The van der Waals surface area contributed by atoms with Crippen molar-refractivity contribution in [2.45, 2.75) is 0 Å². The van der Waals surface area contributed by atoms with Crippen molar-refractivity contribution < 1.29 is 4.79 Å². The molecule has 16 heavy (non-hydrogen) atoms. The van der Waals surface area contributed by atoms with E-state index in [9.17, 15) is 4.79 Å². The van der Waals surface area contributed by atoms with Crippen LogP contribution in [0.4, 0.5) is 5.69 Å². The summed E-state index contributed by atoms with van der Waals surface area (Å²) in [5, 5.41) is 12.3. The van der Waals surface area contributed by atoms with Crippen molar-refractivity contribution in [1.29, 1.82) is 5.26 Å². The van der Waals surface area contributed by atoms with Gasteiger partial charge < -0.3 is 10.2 Å². The molecule has 1 aromatic rings. The number of halogens is 1. The number of hydrogen-bond acceptors (Lipinski definition) is 3. The van der Waals surface area contributed by atoms with E-state index in [-0.39, 0.29) is 12.5 Å². The van der Waals surface area contributed by atoms with Crippen LogP contribution in [0.2, 0.25) is 5.02 Å². The summed E-state index contributed by atoms with van der Waals surface area (Å²) in [7, 11) is 0. The summed E-state index contributed by atoms with van der Waals surface area (Å²) in [6, 6.07) is 7.17. The minimum atomic E-state index is -0.0323. The van der Waals surface area contributed by atoms with Gasteiger partial charge in [-0.05, 0) is 18.2 Å². The molecule has 2 rings (SSSR count). The molecule has 0 spiro atoms. The Kier molecular flexibility index (Phi) is 2.97. The monoisotopic (exact) mass is 235 g/mol. The highest BCUT2D eigenvalue weighted by atomic mass is 35.5. The van der Waals surface area contributed by atoms with E-state index in [1.54, 1.807) is 18.2 Å². The first-order valence-corrected chi connectivity index (χ1v) is 5.30. The topological polar surface area (TPSA) is 56.1 Å². The number of carbonyl (C=O) groups is 1. The normalized spacial score (nSPS) is 15.5. The van der Waals surface area contributed by atoms with E-state index in [2.05, 4.69) is 11.4 Å². The summed E-state index contributed by atoms with van der Waals surface area (Å²) in [6.07, 6.45) is 0. The Balaban J connectivity index is 2.35. The Morgan fingerprint density at radius 1 is 1.50 bits per heavy atom. The van der Waals surface area contributed by atoms with E-state index in [0.717, 1.165) is 5.69 Å². The highest BCUT2D eigenvalue weighted by Gasteiger charge is 2.19. The van der Waals surface area contributed by atoms with Crippen molar-refractivity contribution in [3.63, 3.8) is 0 Å². The first-order valence-electron chi connectivity index (χ1n) is 4.92. The van der Waals surface area contributed by atoms with Gasteiger partial charge in [-0.15, -0.1) is 0 Å². The van der Waals surface area contributed by atoms with E-state index in [4.69, 9.17) is 16.9 Å². The van der Waals surface area contributed by atoms with Gasteiger partial charge in [0.1, 0.15) is 6.07 Å². The summed E-state index contributed by atoms with van der Waals surface area (Å²) in [4.78, 5) is 13.1. The Hall–Kier alpha value is -1.73. The highest BCUT2D eigenvalue weighted by Crippen LogP contribution is 2.24. The molecule has 0 aliphatic carbocycles. The number of piperazine rings is 1. The summed E-state index contributed by atoms with van der Waals surface area (Å²) < 4.78 is 0. The van der Waals surface area contributed by atoms with Gasteiger partial charge in [0.05, 0.1) is 17.8 Å². The van der Waals surface area contributed by atoms with Crippen molar-refractivity contribution in [3.8, 4) is 6.07 Å².